The summed E-state index contributed by atoms with van der Waals surface area (Å²) in [5, 5.41) is 2.00. The third kappa shape index (κ3) is 2.38. The molecule has 0 fully saturated rings. The summed E-state index contributed by atoms with van der Waals surface area (Å²) < 4.78 is 5.50. The Labute approximate surface area is 133 Å². The minimum absolute atomic E-state index is 0.0460. The topological polar surface area (TPSA) is 57.9 Å². The maximum atomic E-state index is 12.7. The van der Waals surface area contributed by atoms with Crippen molar-refractivity contribution in [3.05, 3.63) is 66.0 Å². The molecule has 4 aromatic rings. The van der Waals surface area contributed by atoms with Crippen molar-refractivity contribution in [2.75, 3.05) is 6.61 Å². The number of hydrogen-bond donors (Lipinski definition) is 2. The lowest BCUT2D eigenvalue weighted by molar-refractivity contribution is 0.103. The molecule has 4 rings (SSSR count). The molecule has 0 spiro atoms. The molecular formula is C19H16N2O2. The summed E-state index contributed by atoms with van der Waals surface area (Å²) in [6.07, 6.45) is 0. The highest BCUT2D eigenvalue weighted by Gasteiger charge is 2.14. The molecule has 2 heterocycles. The SMILES string of the molecule is CCOc1ccc2[nH]c(C(=O)c3cc4ccccc4[nH]3)cc2c1. The smallest absolute Gasteiger partial charge is 0.225 e. The number of carbonyl (C=O) groups excluding carboxylic acids is 1. The van der Waals surface area contributed by atoms with Crippen LogP contribution in [0.15, 0.2) is 54.6 Å². The van der Waals surface area contributed by atoms with Crippen LogP contribution < -0.4 is 4.74 Å². The highest BCUT2D eigenvalue weighted by atomic mass is 16.5. The molecule has 0 saturated heterocycles. The molecule has 0 unspecified atom stereocenters. The van der Waals surface area contributed by atoms with Gasteiger partial charge in [0.05, 0.1) is 18.0 Å². The van der Waals surface area contributed by atoms with E-state index < -0.39 is 0 Å². The monoisotopic (exact) mass is 304 g/mol. The van der Waals surface area contributed by atoms with Crippen LogP contribution in [-0.2, 0) is 0 Å². The van der Waals surface area contributed by atoms with Gasteiger partial charge in [0, 0.05) is 21.8 Å². The molecule has 0 bridgehead atoms. The van der Waals surface area contributed by atoms with Crippen LogP contribution in [0.25, 0.3) is 21.8 Å². The summed E-state index contributed by atoms with van der Waals surface area (Å²) >= 11 is 0. The summed E-state index contributed by atoms with van der Waals surface area (Å²) in [4.78, 5) is 19.1. The number of hydrogen-bond acceptors (Lipinski definition) is 2. The van der Waals surface area contributed by atoms with Crippen molar-refractivity contribution in [2.24, 2.45) is 0 Å². The van der Waals surface area contributed by atoms with E-state index in [9.17, 15) is 4.79 Å². The van der Waals surface area contributed by atoms with Crippen molar-refractivity contribution < 1.29 is 9.53 Å². The van der Waals surface area contributed by atoms with Gasteiger partial charge in [-0.05, 0) is 43.3 Å². The zero-order valence-electron chi connectivity index (χ0n) is 12.7. The molecule has 0 saturated carbocycles. The number of aromatic amines is 2. The molecule has 0 radical (unpaired) electrons. The third-order valence-corrected chi connectivity index (χ3v) is 3.92. The van der Waals surface area contributed by atoms with E-state index in [0.717, 1.165) is 27.6 Å². The van der Waals surface area contributed by atoms with Gasteiger partial charge in [0.15, 0.2) is 0 Å². The second-order valence-corrected chi connectivity index (χ2v) is 5.46. The molecule has 4 nitrogen and oxygen atoms in total. The van der Waals surface area contributed by atoms with Crippen molar-refractivity contribution in [1.82, 2.24) is 9.97 Å². The lowest BCUT2D eigenvalue weighted by Crippen LogP contribution is -2.01. The summed E-state index contributed by atoms with van der Waals surface area (Å²) in [5.41, 5.74) is 3.04. The first-order valence-corrected chi connectivity index (χ1v) is 7.62. The molecule has 0 aliphatic carbocycles. The Morgan fingerprint density at radius 2 is 1.61 bits per heavy atom. The zero-order valence-corrected chi connectivity index (χ0v) is 12.7. The van der Waals surface area contributed by atoms with Gasteiger partial charge in [-0.3, -0.25) is 4.79 Å². The van der Waals surface area contributed by atoms with Gasteiger partial charge in [-0.15, -0.1) is 0 Å². The number of fused-ring (bicyclic) bond motifs is 2. The van der Waals surface area contributed by atoms with Crippen molar-refractivity contribution in [3.63, 3.8) is 0 Å². The number of rotatable bonds is 4. The molecular weight excluding hydrogens is 288 g/mol. The fourth-order valence-corrected chi connectivity index (χ4v) is 2.83. The summed E-state index contributed by atoms with van der Waals surface area (Å²) in [6.45, 7) is 2.57. The van der Waals surface area contributed by atoms with E-state index in [1.54, 1.807) is 0 Å². The first-order chi connectivity index (χ1) is 11.2. The molecule has 0 atom stereocenters. The van der Waals surface area contributed by atoms with E-state index in [1.807, 2.05) is 61.5 Å². The van der Waals surface area contributed by atoms with E-state index in [1.165, 1.54) is 0 Å². The number of ether oxygens (including phenoxy) is 1. The fraction of sp³-hybridized carbons (Fsp3) is 0.105. The Bertz CT molecular complexity index is 977. The first kappa shape index (κ1) is 13.6. The zero-order chi connectivity index (χ0) is 15.8. The molecule has 114 valence electrons. The van der Waals surface area contributed by atoms with Gasteiger partial charge >= 0.3 is 0 Å². The van der Waals surface area contributed by atoms with Gasteiger partial charge in [-0.1, -0.05) is 18.2 Å². The lowest BCUT2D eigenvalue weighted by Gasteiger charge is -2.01. The molecule has 2 N–H and O–H groups in total. The normalized spacial score (nSPS) is 11.2. The largest absolute Gasteiger partial charge is 0.494 e. The van der Waals surface area contributed by atoms with Crippen molar-refractivity contribution in [3.8, 4) is 5.75 Å². The van der Waals surface area contributed by atoms with Crippen LogP contribution in [0.1, 0.15) is 23.1 Å². The molecule has 23 heavy (non-hydrogen) atoms. The van der Waals surface area contributed by atoms with Gasteiger partial charge in [-0.2, -0.15) is 0 Å². The highest BCUT2D eigenvalue weighted by molar-refractivity contribution is 6.11. The van der Waals surface area contributed by atoms with Gasteiger partial charge in [0.1, 0.15) is 5.75 Å². The Balaban J connectivity index is 1.73. The van der Waals surface area contributed by atoms with E-state index in [-0.39, 0.29) is 5.78 Å². The number of nitrogens with one attached hydrogen (secondary N) is 2. The fourth-order valence-electron chi connectivity index (χ4n) is 2.83. The highest BCUT2D eigenvalue weighted by Crippen LogP contribution is 2.24. The molecule has 4 heteroatoms. The molecule has 2 aromatic heterocycles. The summed E-state index contributed by atoms with van der Waals surface area (Å²) in [6, 6.07) is 17.4. The first-order valence-electron chi connectivity index (χ1n) is 7.62. The maximum absolute atomic E-state index is 12.7. The van der Waals surface area contributed by atoms with E-state index in [0.29, 0.717) is 18.0 Å². The summed E-state index contributed by atoms with van der Waals surface area (Å²) in [5.74, 6) is 0.763. The summed E-state index contributed by atoms with van der Waals surface area (Å²) in [7, 11) is 0. The molecule has 0 aliphatic heterocycles. The maximum Gasteiger partial charge on any atom is 0.225 e. The van der Waals surface area contributed by atoms with E-state index in [2.05, 4.69) is 9.97 Å². The predicted molar refractivity (Wildman–Crippen MR) is 91.2 cm³/mol. The van der Waals surface area contributed by atoms with Crippen LogP contribution >= 0.6 is 0 Å². The van der Waals surface area contributed by atoms with Crippen LogP contribution in [0, 0.1) is 0 Å². The van der Waals surface area contributed by atoms with Crippen LogP contribution in [0.5, 0.6) is 5.75 Å². The van der Waals surface area contributed by atoms with Crippen molar-refractivity contribution in [1.29, 1.82) is 0 Å². The minimum Gasteiger partial charge on any atom is -0.494 e. The molecule has 0 aliphatic rings. The van der Waals surface area contributed by atoms with Crippen LogP contribution in [0.3, 0.4) is 0 Å². The average molecular weight is 304 g/mol. The average Bonchev–Trinajstić information content (AvgIpc) is 3.17. The number of H-pyrrole nitrogens is 2. The number of ketones is 1. The van der Waals surface area contributed by atoms with Crippen molar-refractivity contribution >= 4 is 27.6 Å². The van der Waals surface area contributed by atoms with Gasteiger partial charge < -0.3 is 14.7 Å². The van der Waals surface area contributed by atoms with Crippen LogP contribution in [0.2, 0.25) is 0 Å². The Morgan fingerprint density at radius 3 is 2.35 bits per heavy atom. The molecule has 0 amide bonds. The lowest BCUT2D eigenvalue weighted by atomic mass is 10.2. The predicted octanol–water partition coefficient (Wildman–Crippen LogP) is 4.28. The van der Waals surface area contributed by atoms with Crippen molar-refractivity contribution in [2.45, 2.75) is 6.92 Å². The number of para-hydroxylation sites is 1. The van der Waals surface area contributed by atoms with Gasteiger partial charge in [0.2, 0.25) is 5.78 Å². The Morgan fingerprint density at radius 1 is 0.913 bits per heavy atom. The molecule has 2 aromatic carbocycles. The standard InChI is InChI=1S/C19H16N2O2/c1-2-23-14-7-8-16-13(9-14)11-18(21-16)19(22)17-10-12-5-3-4-6-15(12)20-17/h3-11,20-21H,2H2,1H3. The van der Waals surface area contributed by atoms with Crippen LogP contribution in [-0.4, -0.2) is 22.4 Å². The van der Waals surface area contributed by atoms with E-state index >= 15 is 0 Å². The third-order valence-electron chi connectivity index (χ3n) is 3.92. The number of aromatic nitrogens is 2. The number of carbonyl (C=O) groups is 1. The second kappa shape index (κ2) is 5.32. The number of benzene rings is 2. The van der Waals surface area contributed by atoms with E-state index in [4.69, 9.17) is 4.74 Å². The van der Waals surface area contributed by atoms with Crippen LogP contribution in [0.4, 0.5) is 0 Å². The quantitative estimate of drug-likeness (QED) is 0.553. The second-order valence-electron chi connectivity index (χ2n) is 5.46. The van der Waals surface area contributed by atoms with Gasteiger partial charge in [-0.25, -0.2) is 0 Å². The Kier molecular flexibility index (Phi) is 3.15. The Hall–Kier alpha value is -3.01. The van der Waals surface area contributed by atoms with Gasteiger partial charge in [0.25, 0.3) is 0 Å². The minimum atomic E-state index is -0.0460.